The summed E-state index contributed by atoms with van der Waals surface area (Å²) < 4.78 is 0. The third-order valence-corrected chi connectivity index (χ3v) is 3.56. The molecule has 0 aliphatic rings. The summed E-state index contributed by atoms with van der Waals surface area (Å²) in [5.74, 6) is 0.359. The van der Waals surface area contributed by atoms with Gasteiger partial charge in [0.15, 0.2) is 0 Å². The van der Waals surface area contributed by atoms with Crippen LogP contribution >= 0.6 is 0 Å². The zero-order valence-corrected chi connectivity index (χ0v) is 12.4. The molecule has 106 valence electrons. The highest BCUT2D eigenvalue weighted by molar-refractivity contribution is 5.76. The van der Waals surface area contributed by atoms with E-state index in [2.05, 4.69) is 31.3 Å². The Balaban J connectivity index is 2.50. The molecule has 3 N–H and O–H groups in total. The number of rotatable bonds is 6. The van der Waals surface area contributed by atoms with Crippen molar-refractivity contribution in [3.63, 3.8) is 0 Å². The van der Waals surface area contributed by atoms with Gasteiger partial charge < -0.3 is 11.1 Å². The van der Waals surface area contributed by atoms with Gasteiger partial charge in [-0.15, -0.1) is 0 Å². The summed E-state index contributed by atoms with van der Waals surface area (Å²) in [5, 5.41) is 2.99. The summed E-state index contributed by atoms with van der Waals surface area (Å²) in [4.78, 5) is 11.8. The molecule has 0 bridgehead atoms. The molecular weight excluding hydrogens is 236 g/mol. The molecule has 3 nitrogen and oxygen atoms in total. The van der Waals surface area contributed by atoms with Crippen molar-refractivity contribution in [2.45, 2.75) is 45.6 Å². The molecule has 1 amide bonds. The Morgan fingerprint density at radius 1 is 1.26 bits per heavy atom. The highest BCUT2D eigenvalue weighted by Gasteiger charge is 2.21. The van der Waals surface area contributed by atoms with Crippen LogP contribution in [-0.2, 0) is 10.2 Å². The fourth-order valence-corrected chi connectivity index (χ4v) is 1.83. The minimum absolute atomic E-state index is 0.0326. The fourth-order valence-electron chi connectivity index (χ4n) is 1.83. The van der Waals surface area contributed by atoms with Crippen molar-refractivity contribution in [3.8, 4) is 0 Å². The smallest absolute Gasteiger partial charge is 0.221 e. The van der Waals surface area contributed by atoms with Crippen LogP contribution in [-0.4, -0.2) is 18.5 Å². The molecule has 1 unspecified atom stereocenters. The van der Waals surface area contributed by atoms with Gasteiger partial charge in [0.05, 0.1) is 0 Å². The second-order valence-electron chi connectivity index (χ2n) is 6.14. The fraction of sp³-hybridized carbons (Fsp3) is 0.562. The van der Waals surface area contributed by atoms with E-state index in [4.69, 9.17) is 5.73 Å². The number of hydrogen-bond acceptors (Lipinski definition) is 2. The molecule has 1 rings (SSSR count). The number of amides is 1. The quantitative estimate of drug-likeness (QED) is 0.827. The number of nitrogens with one attached hydrogen (secondary N) is 1. The standard InChI is InChI=1S/C16H26N2O/c1-12(2)14(17)10-15(19)18-11-16(3,4)13-8-6-5-7-9-13/h5-9,12,14H,10-11,17H2,1-4H3,(H,18,19). The van der Waals surface area contributed by atoms with Crippen molar-refractivity contribution in [2.24, 2.45) is 11.7 Å². The largest absolute Gasteiger partial charge is 0.355 e. The van der Waals surface area contributed by atoms with Gasteiger partial charge in [0.1, 0.15) is 0 Å². The third-order valence-electron chi connectivity index (χ3n) is 3.56. The summed E-state index contributed by atoms with van der Waals surface area (Å²) in [6.45, 7) is 8.95. The van der Waals surface area contributed by atoms with Crippen LogP contribution in [0.1, 0.15) is 39.7 Å². The first-order valence-electron chi connectivity index (χ1n) is 6.91. The lowest BCUT2D eigenvalue weighted by atomic mass is 9.84. The molecule has 0 aromatic heterocycles. The predicted octanol–water partition coefficient (Wildman–Crippen LogP) is 2.45. The van der Waals surface area contributed by atoms with Crippen LogP contribution in [0.25, 0.3) is 0 Å². The predicted molar refractivity (Wildman–Crippen MR) is 79.9 cm³/mol. The van der Waals surface area contributed by atoms with Gasteiger partial charge in [0.2, 0.25) is 5.91 Å². The third kappa shape index (κ3) is 5.03. The molecule has 19 heavy (non-hydrogen) atoms. The molecule has 0 fully saturated rings. The first kappa shape index (κ1) is 15.7. The van der Waals surface area contributed by atoms with Crippen LogP contribution in [0, 0.1) is 5.92 Å². The van der Waals surface area contributed by atoms with E-state index in [1.165, 1.54) is 5.56 Å². The highest BCUT2D eigenvalue weighted by atomic mass is 16.1. The molecule has 0 heterocycles. The number of nitrogens with two attached hydrogens (primary N) is 1. The number of benzene rings is 1. The maximum absolute atomic E-state index is 11.8. The van der Waals surface area contributed by atoms with Crippen molar-refractivity contribution in [2.75, 3.05) is 6.54 Å². The Bertz CT molecular complexity index is 398. The zero-order chi connectivity index (χ0) is 14.5. The molecule has 0 aliphatic carbocycles. The van der Waals surface area contributed by atoms with Crippen LogP contribution in [0.4, 0.5) is 0 Å². The minimum Gasteiger partial charge on any atom is -0.355 e. The van der Waals surface area contributed by atoms with Crippen LogP contribution in [0.2, 0.25) is 0 Å². The molecule has 0 spiro atoms. The molecule has 1 aromatic rings. The highest BCUT2D eigenvalue weighted by Crippen LogP contribution is 2.21. The number of hydrogen-bond donors (Lipinski definition) is 2. The second kappa shape index (κ2) is 6.71. The van der Waals surface area contributed by atoms with Crippen molar-refractivity contribution >= 4 is 5.91 Å². The monoisotopic (exact) mass is 262 g/mol. The first-order chi connectivity index (χ1) is 8.83. The van der Waals surface area contributed by atoms with E-state index < -0.39 is 0 Å². The van der Waals surface area contributed by atoms with Crippen LogP contribution in [0.5, 0.6) is 0 Å². The van der Waals surface area contributed by atoms with Gasteiger partial charge in [-0.2, -0.15) is 0 Å². The minimum atomic E-state index is -0.0706. The zero-order valence-electron chi connectivity index (χ0n) is 12.4. The lowest BCUT2D eigenvalue weighted by Gasteiger charge is -2.26. The van der Waals surface area contributed by atoms with Gasteiger partial charge in [-0.1, -0.05) is 58.0 Å². The van der Waals surface area contributed by atoms with Gasteiger partial charge in [-0.3, -0.25) is 4.79 Å². The van der Waals surface area contributed by atoms with Gasteiger partial charge in [0, 0.05) is 24.4 Å². The van der Waals surface area contributed by atoms with Gasteiger partial charge >= 0.3 is 0 Å². The summed E-state index contributed by atoms with van der Waals surface area (Å²) in [6.07, 6.45) is 0.391. The Hall–Kier alpha value is -1.35. The maximum atomic E-state index is 11.8. The molecule has 0 saturated carbocycles. The normalized spacial score (nSPS) is 13.4. The lowest BCUT2D eigenvalue weighted by Crippen LogP contribution is -2.40. The molecule has 3 heteroatoms. The van der Waals surface area contributed by atoms with Crippen molar-refractivity contribution < 1.29 is 4.79 Å². The maximum Gasteiger partial charge on any atom is 0.221 e. The lowest BCUT2D eigenvalue weighted by molar-refractivity contribution is -0.121. The summed E-state index contributed by atoms with van der Waals surface area (Å²) >= 11 is 0. The molecule has 0 saturated heterocycles. The summed E-state index contributed by atoms with van der Waals surface area (Å²) in [7, 11) is 0. The van der Waals surface area contributed by atoms with Gasteiger partial charge in [-0.05, 0) is 11.5 Å². The first-order valence-corrected chi connectivity index (χ1v) is 6.91. The summed E-state index contributed by atoms with van der Waals surface area (Å²) in [6, 6.07) is 10.2. The average molecular weight is 262 g/mol. The number of carbonyl (C=O) groups is 1. The Labute approximate surface area is 116 Å². The number of carbonyl (C=O) groups excluding carboxylic acids is 1. The van der Waals surface area contributed by atoms with E-state index >= 15 is 0 Å². The Morgan fingerprint density at radius 2 is 1.84 bits per heavy atom. The Morgan fingerprint density at radius 3 is 2.37 bits per heavy atom. The molecular formula is C16H26N2O. The van der Waals surface area contributed by atoms with Crippen LogP contribution in [0.15, 0.2) is 30.3 Å². The average Bonchev–Trinajstić information content (AvgIpc) is 2.37. The van der Waals surface area contributed by atoms with E-state index in [1.54, 1.807) is 0 Å². The van der Waals surface area contributed by atoms with E-state index in [-0.39, 0.29) is 17.4 Å². The van der Waals surface area contributed by atoms with Gasteiger partial charge in [0.25, 0.3) is 0 Å². The van der Waals surface area contributed by atoms with E-state index in [0.717, 1.165) is 0 Å². The van der Waals surface area contributed by atoms with Crippen molar-refractivity contribution in [1.29, 1.82) is 0 Å². The van der Waals surface area contributed by atoms with Crippen molar-refractivity contribution in [1.82, 2.24) is 5.32 Å². The van der Waals surface area contributed by atoms with E-state index in [1.807, 2.05) is 32.0 Å². The van der Waals surface area contributed by atoms with E-state index in [9.17, 15) is 4.79 Å². The Kier molecular flexibility index (Phi) is 5.55. The van der Waals surface area contributed by atoms with Crippen LogP contribution in [0.3, 0.4) is 0 Å². The molecule has 1 atom stereocenters. The molecule has 0 radical (unpaired) electrons. The van der Waals surface area contributed by atoms with Gasteiger partial charge in [-0.25, -0.2) is 0 Å². The second-order valence-corrected chi connectivity index (χ2v) is 6.14. The SMILES string of the molecule is CC(C)C(N)CC(=O)NCC(C)(C)c1ccccc1. The topological polar surface area (TPSA) is 55.1 Å². The van der Waals surface area contributed by atoms with Crippen LogP contribution < -0.4 is 11.1 Å². The van der Waals surface area contributed by atoms with E-state index in [0.29, 0.717) is 18.9 Å². The molecule has 0 aliphatic heterocycles. The molecule has 1 aromatic carbocycles. The summed E-state index contributed by atoms with van der Waals surface area (Å²) in [5.41, 5.74) is 7.06. The van der Waals surface area contributed by atoms with Crippen molar-refractivity contribution in [3.05, 3.63) is 35.9 Å².